The molecule has 1 heterocycles. The molecular weight excluding hydrogens is 316 g/mol. The number of amides is 1. The summed E-state index contributed by atoms with van der Waals surface area (Å²) in [5.41, 5.74) is 8.84. The Labute approximate surface area is 126 Å². The van der Waals surface area contributed by atoms with E-state index in [4.69, 9.17) is 0 Å². The van der Waals surface area contributed by atoms with E-state index in [2.05, 4.69) is 63.2 Å². The van der Waals surface area contributed by atoms with Crippen LogP contribution in [0.4, 0.5) is 0 Å². The molecule has 3 rings (SSSR count). The largest absolute Gasteiger partial charge is 0.291 e. The standard InChI is InChI=1S/C16H15BrN2O/c1-16(10-15(20)18-19-16)13-7-5-11(6-8-13)12-3-2-4-14(17)9-12/h2-9,19H,10H2,1H3,(H,18,20). The highest BCUT2D eigenvalue weighted by atomic mass is 79.9. The van der Waals surface area contributed by atoms with E-state index in [1.54, 1.807) is 0 Å². The number of carbonyl (C=O) groups excluding carboxylic acids is 1. The highest BCUT2D eigenvalue weighted by molar-refractivity contribution is 9.10. The smallest absolute Gasteiger partial charge is 0.236 e. The summed E-state index contributed by atoms with van der Waals surface area (Å²) in [6, 6.07) is 16.5. The van der Waals surface area contributed by atoms with Crippen LogP contribution in [-0.4, -0.2) is 5.91 Å². The first-order chi connectivity index (χ1) is 9.57. The van der Waals surface area contributed by atoms with Crippen LogP contribution in [0.15, 0.2) is 53.0 Å². The fourth-order valence-corrected chi connectivity index (χ4v) is 2.89. The van der Waals surface area contributed by atoms with Crippen LogP contribution in [0.3, 0.4) is 0 Å². The van der Waals surface area contributed by atoms with Gasteiger partial charge in [0.1, 0.15) is 0 Å². The molecule has 2 N–H and O–H groups in total. The number of hydrogen-bond acceptors (Lipinski definition) is 2. The monoisotopic (exact) mass is 330 g/mol. The van der Waals surface area contributed by atoms with Crippen LogP contribution in [-0.2, 0) is 10.3 Å². The summed E-state index contributed by atoms with van der Waals surface area (Å²) >= 11 is 3.49. The molecule has 0 radical (unpaired) electrons. The zero-order chi connectivity index (χ0) is 14.2. The summed E-state index contributed by atoms with van der Waals surface area (Å²) in [6.07, 6.45) is 0.462. The van der Waals surface area contributed by atoms with Gasteiger partial charge in [0.15, 0.2) is 0 Å². The van der Waals surface area contributed by atoms with Crippen LogP contribution in [0.2, 0.25) is 0 Å². The summed E-state index contributed by atoms with van der Waals surface area (Å²) in [5, 5.41) is 0. The van der Waals surface area contributed by atoms with Crippen molar-refractivity contribution in [2.75, 3.05) is 0 Å². The van der Waals surface area contributed by atoms with E-state index < -0.39 is 0 Å². The van der Waals surface area contributed by atoms with E-state index in [0.29, 0.717) is 6.42 Å². The van der Waals surface area contributed by atoms with Gasteiger partial charge in [0, 0.05) is 4.47 Å². The van der Waals surface area contributed by atoms with E-state index in [-0.39, 0.29) is 11.4 Å². The van der Waals surface area contributed by atoms with Gasteiger partial charge < -0.3 is 0 Å². The van der Waals surface area contributed by atoms with Crippen molar-refractivity contribution >= 4 is 21.8 Å². The number of rotatable bonds is 2. The predicted molar refractivity (Wildman–Crippen MR) is 82.8 cm³/mol. The van der Waals surface area contributed by atoms with Gasteiger partial charge in [0.05, 0.1) is 12.0 Å². The quantitative estimate of drug-likeness (QED) is 0.886. The molecule has 1 aliphatic heterocycles. The van der Waals surface area contributed by atoms with Gasteiger partial charge in [-0.3, -0.25) is 10.2 Å². The van der Waals surface area contributed by atoms with Crippen molar-refractivity contribution in [1.29, 1.82) is 0 Å². The maximum atomic E-state index is 11.4. The first kappa shape index (κ1) is 13.3. The van der Waals surface area contributed by atoms with Gasteiger partial charge in [-0.05, 0) is 35.7 Å². The van der Waals surface area contributed by atoms with Gasteiger partial charge >= 0.3 is 0 Å². The van der Waals surface area contributed by atoms with Crippen molar-refractivity contribution in [3.8, 4) is 11.1 Å². The van der Waals surface area contributed by atoms with E-state index in [0.717, 1.165) is 15.6 Å². The second-order valence-electron chi connectivity index (χ2n) is 5.27. The third-order valence-corrected chi connectivity index (χ3v) is 4.17. The number of benzene rings is 2. The van der Waals surface area contributed by atoms with E-state index in [9.17, 15) is 4.79 Å². The second-order valence-corrected chi connectivity index (χ2v) is 6.19. The average Bonchev–Trinajstić information content (AvgIpc) is 2.80. The Bertz CT molecular complexity index is 654. The molecule has 0 bridgehead atoms. The van der Waals surface area contributed by atoms with Crippen LogP contribution in [0.1, 0.15) is 18.9 Å². The molecule has 2 aromatic carbocycles. The Kier molecular flexibility index (Phi) is 3.36. The maximum absolute atomic E-state index is 11.4. The first-order valence-electron chi connectivity index (χ1n) is 6.49. The molecule has 0 saturated carbocycles. The van der Waals surface area contributed by atoms with Crippen molar-refractivity contribution in [3.63, 3.8) is 0 Å². The Morgan fingerprint density at radius 2 is 1.85 bits per heavy atom. The SMILES string of the molecule is CC1(c2ccc(-c3cccc(Br)c3)cc2)CC(=O)NN1. The predicted octanol–water partition coefficient (Wildman–Crippen LogP) is 3.36. The van der Waals surface area contributed by atoms with Gasteiger partial charge in [-0.25, -0.2) is 5.43 Å². The summed E-state index contributed by atoms with van der Waals surface area (Å²) in [7, 11) is 0. The van der Waals surface area contributed by atoms with Gasteiger partial charge in [-0.15, -0.1) is 0 Å². The number of carbonyl (C=O) groups is 1. The van der Waals surface area contributed by atoms with Crippen LogP contribution in [0.5, 0.6) is 0 Å². The van der Waals surface area contributed by atoms with Gasteiger partial charge in [0.2, 0.25) is 5.91 Å². The number of hydrazine groups is 1. The Balaban J connectivity index is 1.90. The van der Waals surface area contributed by atoms with E-state index in [1.165, 1.54) is 5.56 Å². The molecule has 102 valence electrons. The van der Waals surface area contributed by atoms with Crippen molar-refractivity contribution < 1.29 is 4.79 Å². The summed E-state index contributed by atoms with van der Waals surface area (Å²) in [4.78, 5) is 11.4. The third kappa shape index (κ3) is 2.49. The third-order valence-electron chi connectivity index (χ3n) is 3.67. The molecule has 3 nitrogen and oxygen atoms in total. The fraction of sp³-hybridized carbons (Fsp3) is 0.188. The van der Waals surface area contributed by atoms with Gasteiger partial charge in [-0.2, -0.15) is 0 Å². The number of hydrogen-bond donors (Lipinski definition) is 2. The number of nitrogens with one attached hydrogen (secondary N) is 2. The zero-order valence-electron chi connectivity index (χ0n) is 11.1. The van der Waals surface area contributed by atoms with Crippen LogP contribution in [0, 0.1) is 0 Å². The summed E-state index contributed by atoms with van der Waals surface area (Å²) in [6.45, 7) is 2.03. The van der Waals surface area contributed by atoms with Crippen molar-refractivity contribution in [3.05, 3.63) is 58.6 Å². The normalized spacial score (nSPS) is 21.8. The van der Waals surface area contributed by atoms with E-state index >= 15 is 0 Å². The zero-order valence-corrected chi connectivity index (χ0v) is 12.7. The molecule has 1 amide bonds. The molecule has 1 saturated heterocycles. The molecule has 0 spiro atoms. The topological polar surface area (TPSA) is 41.1 Å². The first-order valence-corrected chi connectivity index (χ1v) is 7.29. The molecule has 20 heavy (non-hydrogen) atoms. The van der Waals surface area contributed by atoms with E-state index in [1.807, 2.05) is 19.1 Å². The maximum Gasteiger partial charge on any atom is 0.236 e. The lowest BCUT2D eigenvalue weighted by atomic mass is 9.89. The highest BCUT2D eigenvalue weighted by Crippen LogP contribution is 2.30. The molecule has 1 atom stereocenters. The second kappa shape index (κ2) is 5.04. The lowest BCUT2D eigenvalue weighted by Gasteiger charge is -2.23. The minimum Gasteiger partial charge on any atom is -0.291 e. The Morgan fingerprint density at radius 1 is 1.10 bits per heavy atom. The molecule has 0 aromatic heterocycles. The molecule has 1 unspecified atom stereocenters. The van der Waals surface area contributed by atoms with Crippen LogP contribution < -0.4 is 10.9 Å². The van der Waals surface area contributed by atoms with Crippen molar-refractivity contribution in [2.45, 2.75) is 18.9 Å². The van der Waals surface area contributed by atoms with Crippen LogP contribution in [0.25, 0.3) is 11.1 Å². The minimum atomic E-state index is -0.327. The molecular formula is C16H15BrN2O. The average molecular weight is 331 g/mol. The molecule has 2 aromatic rings. The van der Waals surface area contributed by atoms with Crippen LogP contribution >= 0.6 is 15.9 Å². The van der Waals surface area contributed by atoms with Crippen molar-refractivity contribution in [2.24, 2.45) is 0 Å². The summed E-state index contributed by atoms with van der Waals surface area (Å²) < 4.78 is 1.07. The van der Waals surface area contributed by atoms with Gasteiger partial charge in [0.25, 0.3) is 0 Å². The Hall–Kier alpha value is -1.65. The number of halogens is 1. The lowest BCUT2D eigenvalue weighted by molar-refractivity contribution is -0.119. The summed E-state index contributed by atoms with van der Waals surface area (Å²) in [5.74, 6) is 0.0311. The van der Waals surface area contributed by atoms with Crippen molar-refractivity contribution in [1.82, 2.24) is 10.9 Å². The lowest BCUT2D eigenvalue weighted by Crippen LogP contribution is -2.38. The molecule has 1 fully saturated rings. The fourth-order valence-electron chi connectivity index (χ4n) is 2.49. The highest BCUT2D eigenvalue weighted by Gasteiger charge is 2.35. The Morgan fingerprint density at radius 3 is 2.45 bits per heavy atom. The minimum absolute atomic E-state index is 0.0311. The molecule has 4 heteroatoms. The van der Waals surface area contributed by atoms with Gasteiger partial charge in [-0.1, -0.05) is 52.3 Å². The molecule has 0 aliphatic carbocycles. The molecule has 1 aliphatic rings.